The van der Waals surface area contributed by atoms with Crippen LogP contribution in [-0.2, 0) is 31.4 Å². The molecular weight excluding hydrogens is 413 g/mol. The molecule has 0 aliphatic carbocycles. The molecule has 2 aromatic carbocycles. The summed E-state index contributed by atoms with van der Waals surface area (Å²) in [5, 5.41) is 0. The molecule has 0 saturated heterocycles. The SMILES string of the molecule is CN.CS(=O)(=O)Nc1cc2c(cc1Oc1ccc(F)cc1)S(=O)(=O)N(C=O)C2. The number of nitrogens with one attached hydrogen (secondary N) is 1. The molecule has 1 aliphatic rings. The molecule has 0 aromatic heterocycles. The van der Waals surface area contributed by atoms with Gasteiger partial charge in [0.1, 0.15) is 11.6 Å². The van der Waals surface area contributed by atoms with Crippen LogP contribution in [0.1, 0.15) is 5.56 Å². The van der Waals surface area contributed by atoms with Crippen LogP contribution >= 0.6 is 0 Å². The third kappa shape index (κ3) is 4.58. The molecule has 2 aromatic rings. The molecule has 0 fully saturated rings. The zero-order valence-electron chi connectivity index (χ0n) is 14.9. The van der Waals surface area contributed by atoms with E-state index in [2.05, 4.69) is 10.5 Å². The third-order valence-electron chi connectivity index (χ3n) is 3.53. The minimum Gasteiger partial charge on any atom is -0.455 e. The Morgan fingerprint density at radius 2 is 1.82 bits per heavy atom. The van der Waals surface area contributed by atoms with Crippen molar-refractivity contribution in [2.24, 2.45) is 5.73 Å². The summed E-state index contributed by atoms with van der Waals surface area (Å²) < 4.78 is 69.2. The Morgan fingerprint density at radius 1 is 1.21 bits per heavy atom. The van der Waals surface area contributed by atoms with Gasteiger partial charge in [-0.25, -0.2) is 25.5 Å². The van der Waals surface area contributed by atoms with Crippen LogP contribution in [0.25, 0.3) is 0 Å². The van der Waals surface area contributed by atoms with Crippen molar-refractivity contribution in [3.05, 3.63) is 47.8 Å². The molecule has 0 bridgehead atoms. The summed E-state index contributed by atoms with van der Waals surface area (Å²) in [6.45, 7) is -0.212. The highest BCUT2D eigenvalue weighted by Gasteiger charge is 2.35. The first-order chi connectivity index (χ1) is 13.1. The number of carbonyl (C=O) groups is 1. The third-order valence-corrected chi connectivity index (χ3v) is 5.89. The average Bonchev–Trinajstić information content (AvgIpc) is 2.87. The van der Waals surface area contributed by atoms with Gasteiger partial charge in [0.2, 0.25) is 16.4 Å². The topological polar surface area (TPSA) is 136 Å². The molecule has 3 N–H and O–H groups in total. The van der Waals surface area contributed by atoms with E-state index in [0.717, 1.165) is 24.5 Å². The molecule has 1 aliphatic heterocycles. The molecule has 0 radical (unpaired) electrons. The highest BCUT2D eigenvalue weighted by Crippen LogP contribution is 2.39. The van der Waals surface area contributed by atoms with E-state index in [0.29, 0.717) is 4.31 Å². The first kappa shape index (κ1) is 21.6. The summed E-state index contributed by atoms with van der Waals surface area (Å²) in [6.07, 6.45) is 1.11. The minimum atomic E-state index is -4.03. The zero-order valence-corrected chi connectivity index (χ0v) is 16.6. The molecule has 9 nitrogen and oxygen atoms in total. The number of fused-ring (bicyclic) bond motifs is 1. The molecule has 0 spiro atoms. The number of benzene rings is 2. The van der Waals surface area contributed by atoms with E-state index in [1.54, 1.807) is 0 Å². The van der Waals surface area contributed by atoms with E-state index in [1.807, 2.05) is 0 Å². The molecular formula is C16H18FN3O6S2. The molecule has 1 heterocycles. The van der Waals surface area contributed by atoms with Crippen molar-refractivity contribution in [1.82, 2.24) is 4.31 Å². The summed E-state index contributed by atoms with van der Waals surface area (Å²) in [4.78, 5) is 10.8. The summed E-state index contributed by atoms with van der Waals surface area (Å²) >= 11 is 0. The van der Waals surface area contributed by atoms with Crippen molar-refractivity contribution in [2.45, 2.75) is 11.4 Å². The van der Waals surface area contributed by atoms with Gasteiger partial charge in [-0.15, -0.1) is 0 Å². The molecule has 0 saturated carbocycles. The highest BCUT2D eigenvalue weighted by molar-refractivity contribution is 7.92. The first-order valence-corrected chi connectivity index (χ1v) is 11.1. The number of ether oxygens (including phenoxy) is 1. The molecule has 1 amide bonds. The van der Waals surface area contributed by atoms with E-state index in [9.17, 15) is 26.0 Å². The zero-order chi connectivity index (χ0) is 21.1. The summed E-state index contributed by atoms with van der Waals surface area (Å²) in [5.74, 6) is -0.423. The smallest absolute Gasteiger partial charge is 0.267 e. The fraction of sp³-hybridized carbons (Fsp3) is 0.188. The number of nitrogens with zero attached hydrogens (tertiary/aromatic N) is 1. The maximum atomic E-state index is 13.0. The molecule has 28 heavy (non-hydrogen) atoms. The van der Waals surface area contributed by atoms with E-state index in [4.69, 9.17) is 4.74 Å². The van der Waals surface area contributed by atoms with Crippen molar-refractivity contribution < 1.29 is 30.8 Å². The summed E-state index contributed by atoms with van der Waals surface area (Å²) in [5.41, 5.74) is 4.74. The lowest BCUT2D eigenvalue weighted by Gasteiger charge is -2.13. The number of carbonyl (C=O) groups excluding carboxylic acids is 1. The predicted molar refractivity (Wildman–Crippen MR) is 100 cm³/mol. The van der Waals surface area contributed by atoms with Crippen LogP contribution in [0.4, 0.5) is 10.1 Å². The van der Waals surface area contributed by atoms with E-state index in [1.165, 1.54) is 25.2 Å². The van der Waals surface area contributed by atoms with Gasteiger partial charge < -0.3 is 10.5 Å². The number of amides is 1. The van der Waals surface area contributed by atoms with Crippen LogP contribution in [0.5, 0.6) is 11.5 Å². The molecule has 0 atom stereocenters. The number of sulfonamides is 2. The van der Waals surface area contributed by atoms with E-state index in [-0.39, 0.29) is 40.6 Å². The van der Waals surface area contributed by atoms with Crippen LogP contribution in [-0.4, -0.2) is 40.9 Å². The number of halogens is 1. The van der Waals surface area contributed by atoms with Gasteiger partial charge in [-0.2, -0.15) is 0 Å². The van der Waals surface area contributed by atoms with Gasteiger partial charge >= 0.3 is 0 Å². The van der Waals surface area contributed by atoms with E-state index >= 15 is 0 Å². The summed E-state index contributed by atoms with van der Waals surface area (Å²) in [7, 11) is -6.22. The lowest BCUT2D eigenvalue weighted by Crippen LogP contribution is -2.22. The van der Waals surface area contributed by atoms with Crippen LogP contribution in [0.2, 0.25) is 0 Å². The first-order valence-electron chi connectivity index (χ1n) is 7.73. The maximum Gasteiger partial charge on any atom is 0.267 e. The second-order valence-electron chi connectivity index (χ2n) is 5.54. The van der Waals surface area contributed by atoms with Gasteiger partial charge in [0, 0.05) is 6.07 Å². The quantitative estimate of drug-likeness (QED) is 0.680. The Labute approximate surface area is 162 Å². The fourth-order valence-electron chi connectivity index (χ4n) is 2.44. The maximum absolute atomic E-state index is 13.0. The molecule has 0 unspecified atom stereocenters. The Hall–Kier alpha value is -2.70. The molecule has 3 rings (SSSR count). The van der Waals surface area contributed by atoms with Crippen molar-refractivity contribution in [2.75, 3.05) is 18.0 Å². The van der Waals surface area contributed by atoms with Crippen LogP contribution in [0.15, 0.2) is 41.3 Å². The second kappa shape index (κ2) is 8.12. The number of anilines is 1. The minimum absolute atomic E-state index is 0.00137. The van der Waals surface area contributed by atoms with Gasteiger partial charge in [-0.3, -0.25) is 9.52 Å². The average molecular weight is 431 g/mol. The number of nitrogens with two attached hydrogens (primary N) is 1. The largest absolute Gasteiger partial charge is 0.455 e. The van der Waals surface area contributed by atoms with Gasteiger partial charge in [-0.05, 0) is 42.9 Å². The lowest BCUT2D eigenvalue weighted by atomic mass is 10.2. The standard InChI is InChI=1S/C15H13FN2O6S2.CH5N/c1-25(20,21)17-13-6-10-8-18(9-19)26(22,23)15(10)7-14(13)24-12-4-2-11(16)3-5-12;1-2/h2-7,9,17H,8H2,1H3;2H2,1H3. The van der Waals surface area contributed by atoms with Crippen LogP contribution in [0.3, 0.4) is 0 Å². The van der Waals surface area contributed by atoms with Gasteiger partial charge in [0.15, 0.2) is 5.75 Å². The number of hydrogen-bond acceptors (Lipinski definition) is 7. The van der Waals surface area contributed by atoms with Crippen LogP contribution < -0.4 is 15.2 Å². The monoisotopic (exact) mass is 431 g/mol. The highest BCUT2D eigenvalue weighted by atomic mass is 32.2. The van der Waals surface area contributed by atoms with Gasteiger partial charge in [0.25, 0.3) is 10.0 Å². The van der Waals surface area contributed by atoms with E-state index < -0.39 is 25.9 Å². The molecule has 152 valence electrons. The van der Waals surface area contributed by atoms with Crippen molar-refractivity contribution in [3.63, 3.8) is 0 Å². The Kier molecular flexibility index (Phi) is 6.27. The molecule has 12 heteroatoms. The van der Waals surface area contributed by atoms with Crippen molar-refractivity contribution in [3.8, 4) is 11.5 Å². The van der Waals surface area contributed by atoms with Crippen LogP contribution in [0, 0.1) is 5.82 Å². The van der Waals surface area contributed by atoms with Gasteiger partial charge in [0.05, 0.1) is 23.4 Å². The normalized spacial score (nSPS) is 14.5. The van der Waals surface area contributed by atoms with Crippen molar-refractivity contribution >= 4 is 32.1 Å². The van der Waals surface area contributed by atoms with Gasteiger partial charge in [-0.1, -0.05) is 0 Å². The summed E-state index contributed by atoms with van der Waals surface area (Å²) in [6, 6.07) is 7.30. The Morgan fingerprint density at radius 3 is 2.36 bits per heavy atom. The predicted octanol–water partition coefficient (Wildman–Crippen LogP) is 1.23. The Balaban J connectivity index is 0.00000136. The second-order valence-corrected chi connectivity index (χ2v) is 9.15. The number of hydrogen-bond donors (Lipinski definition) is 2. The lowest BCUT2D eigenvalue weighted by molar-refractivity contribution is -0.114. The fourth-order valence-corrected chi connectivity index (χ4v) is 4.38. The van der Waals surface area contributed by atoms with Crippen molar-refractivity contribution in [1.29, 1.82) is 0 Å². The number of rotatable bonds is 5. The Bertz CT molecular complexity index is 1090.